The van der Waals surface area contributed by atoms with Gasteiger partial charge < -0.3 is 9.80 Å². The molecule has 7 heteroatoms. The number of aromatic nitrogens is 1. The number of carbonyl (C=O) groups excluding carboxylic acids is 1. The molecule has 1 aliphatic heterocycles. The Bertz CT molecular complexity index is 1130. The number of para-hydroxylation sites is 1. The fourth-order valence-corrected chi connectivity index (χ4v) is 4.18. The molecule has 0 spiro atoms. The highest BCUT2D eigenvalue weighted by molar-refractivity contribution is 6.06. The van der Waals surface area contributed by atoms with Crippen LogP contribution >= 0.6 is 0 Å². The van der Waals surface area contributed by atoms with E-state index in [0.29, 0.717) is 43.3 Å². The minimum Gasteiger partial charge on any atom is -0.368 e. The number of carbonyl (C=O) groups is 1. The number of alkyl halides is 3. The van der Waals surface area contributed by atoms with Gasteiger partial charge >= 0.3 is 6.18 Å². The van der Waals surface area contributed by atoms with Gasteiger partial charge in [0, 0.05) is 48.9 Å². The molecule has 0 bridgehead atoms. The van der Waals surface area contributed by atoms with Gasteiger partial charge in [-0.15, -0.1) is 0 Å². The van der Waals surface area contributed by atoms with Gasteiger partial charge in [-0.3, -0.25) is 9.78 Å². The van der Waals surface area contributed by atoms with Crippen molar-refractivity contribution >= 4 is 22.5 Å². The Morgan fingerprint density at radius 2 is 1.68 bits per heavy atom. The van der Waals surface area contributed by atoms with E-state index in [1.807, 2.05) is 35.2 Å². The number of benzene rings is 2. The molecule has 1 saturated carbocycles. The van der Waals surface area contributed by atoms with Gasteiger partial charge in [-0.1, -0.05) is 24.3 Å². The Hall–Kier alpha value is -3.09. The lowest BCUT2D eigenvalue weighted by molar-refractivity contribution is -0.137. The lowest BCUT2D eigenvalue weighted by Gasteiger charge is -2.36. The van der Waals surface area contributed by atoms with Crippen LogP contribution in [0.5, 0.6) is 0 Å². The highest BCUT2D eigenvalue weighted by Crippen LogP contribution is 2.40. The second kappa shape index (κ2) is 7.55. The first-order valence-corrected chi connectivity index (χ1v) is 10.5. The first-order valence-electron chi connectivity index (χ1n) is 10.5. The highest BCUT2D eigenvalue weighted by Gasteiger charge is 2.32. The average molecular weight is 425 g/mol. The van der Waals surface area contributed by atoms with Crippen LogP contribution in [0.15, 0.2) is 54.6 Å². The number of nitrogens with zero attached hydrogens (tertiary/aromatic N) is 3. The number of pyridine rings is 1. The Morgan fingerprint density at radius 3 is 2.39 bits per heavy atom. The number of fused-ring (bicyclic) bond motifs is 1. The summed E-state index contributed by atoms with van der Waals surface area (Å²) < 4.78 is 39.1. The van der Waals surface area contributed by atoms with E-state index in [0.717, 1.165) is 35.5 Å². The third-order valence-electron chi connectivity index (χ3n) is 6.07. The average Bonchev–Trinajstić information content (AvgIpc) is 3.63. The van der Waals surface area contributed by atoms with Crippen molar-refractivity contribution in [3.8, 4) is 0 Å². The van der Waals surface area contributed by atoms with Crippen molar-refractivity contribution in [2.45, 2.75) is 24.9 Å². The van der Waals surface area contributed by atoms with Crippen molar-refractivity contribution in [1.82, 2.24) is 9.88 Å². The fourth-order valence-electron chi connectivity index (χ4n) is 4.18. The van der Waals surface area contributed by atoms with Crippen LogP contribution < -0.4 is 4.90 Å². The molecule has 1 aromatic heterocycles. The molecular weight excluding hydrogens is 403 g/mol. The van der Waals surface area contributed by atoms with E-state index in [2.05, 4.69) is 0 Å². The quantitative estimate of drug-likeness (QED) is 0.586. The number of rotatable bonds is 3. The van der Waals surface area contributed by atoms with Crippen molar-refractivity contribution in [3.05, 3.63) is 71.4 Å². The summed E-state index contributed by atoms with van der Waals surface area (Å²) in [6.07, 6.45) is -2.15. The summed E-state index contributed by atoms with van der Waals surface area (Å²) in [4.78, 5) is 21.8. The Labute approximate surface area is 178 Å². The number of hydrogen-bond acceptors (Lipinski definition) is 3. The van der Waals surface area contributed by atoms with E-state index in [-0.39, 0.29) is 5.91 Å². The van der Waals surface area contributed by atoms with Gasteiger partial charge in [0.15, 0.2) is 0 Å². The van der Waals surface area contributed by atoms with Crippen LogP contribution in [0.1, 0.15) is 40.4 Å². The molecule has 5 rings (SSSR count). The van der Waals surface area contributed by atoms with Crippen LogP contribution in [0.25, 0.3) is 10.9 Å². The summed E-state index contributed by atoms with van der Waals surface area (Å²) in [5, 5.41) is 0.845. The van der Waals surface area contributed by atoms with Crippen molar-refractivity contribution < 1.29 is 18.0 Å². The maximum atomic E-state index is 13.4. The summed E-state index contributed by atoms with van der Waals surface area (Å²) >= 11 is 0. The molecule has 4 nitrogen and oxygen atoms in total. The number of anilines is 1. The summed E-state index contributed by atoms with van der Waals surface area (Å²) in [5.74, 6) is 0.401. The second-order valence-electron chi connectivity index (χ2n) is 8.21. The molecule has 2 heterocycles. The summed E-state index contributed by atoms with van der Waals surface area (Å²) in [5.41, 5.74) is 2.36. The zero-order valence-corrected chi connectivity index (χ0v) is 16.9. The predicted molar refractivity (Wildman–Crippen MR) is 113 cm³/mol. The normalized spacial score (nSPS) is 17.3. The van der Waals surface area contributed by atoms with Crippen LogP contribution in [-0.2, 0) is 6.18 Å². The Morgan fingerprint density at radius 1 is 0.935 bits per heavy atom. The molecule has 0 radical (unpaired) electrons. The molecule has 3 aromatic rings. The fraction of sp³-hybridized carbons (Fsp3) is 0.333. The molecule has 31 heavy (non-hydrogen) atoms. The van der Waals surface area contributed by atoms with E-state index in [9.17, 15) is 18.0 Å². The molecule has 2 aromatic carbocycles. The smallest absolute Gasteiger partial charge is 0.368 e. The maximum absolute atomic E-state index is 13.4. The first-order chi connectivity index (χ1) is 14.9. The molecule has 0 N–H and O–H groups in total. The number of halogens is 3. The molecular formula is C24H22F3N3O. The molecule has 0 unspecified atom stereocenters. The van der Waals surface area contributed by atoms with Crippen LogP contribution in [0.4, 0.5) is 18.9 Å². The first kappa shape index (κ1) is 19.8. The minimum absolute atomic E-state index is 0.0378. The standard InChI is InChI=1S/C24H22F3N3O/c25-24(26,27)17-4-3-5-18(14-17)29-10-12-30(13-11-29)23(31)20-15-22(16-8-9-16)28-21-7-2-1-6-19(20)21/h1-7,14-16H,8-13H2. The van der Waals surface area contributed by atoms with E-state index in [4.69, 9.17) is 4.98 Å². The molecule has 1 amide bonds. The largest absolute Gasteiger partial charge is 0.416 e. The van der Waals surface area contributed by atoms with Crippen molar-refractivity contribution in [2.75, 3.05) is 31.1 Å². The topological polar surface area (TPSA) is 36.4 Å². The van der Waals surface area contributed by atoms with E-state index < -0.39 is 11.7 Å². The third kappa shape index (κ3) is 3.96. The van der Waals surface area contributed by atoms with Crippen molar-refractivity contribution in [3.63, 3.8) is 0 Å². The highest BCUT2D eigenvalue weighted by atomic mass is 19.4. The van der Waals surface area contributed by atoms with Gasteiger partial charge in [-0.2, -0.15) is 13.2 Å². The SMILES string of the molecule is O=C(c1cc(C2CC2)nc2ccccc12)N1CCN(c2cccc(C(F)(F)F)c2)CC1. The number of hydrogen-bond donors (Lipinski definition) is 0. The number of amides is 1. The van der Waals surface area contributed by atoms with Crippen molar-refractivity contribution in [1.29, 1.82) is 0 Å². The van der Waals surface area contributed by atoms with Crippen molar-refractivity contribution in [2.24, 2.45) is 0 Å². The van der Waals surface area contributed by atoms with Crippen LogP contribution in [0, 0.1) is 0 Å². The zero-order valence-electron chi connectivity index (χ0n) is 16.9. The lowest BCUT2D eigenvalue weighted by atomic mass is 10.0. The lowest BCUT2D eigenvalue weighted by Crippen LogP contribution is -2.48. The summed E-state index contributed by atoms with van der Waals surface area (Å²) in [6, 6.07) is 15.0. The maximum Gasteiger partial charge on any atom is 0.416 e. The predicted octanol–water partition coefficient (Wildman–Crippen LogP) is 5.09. The van der Waals surface area contributed by atoms with Gasteiger partial charge in [0.25, 0.3) is 5.91 Å². The van der Waals surface area contributed by atoms with Gasteiger partial charge in [-0.25, -0.2) is 0 Å². The van der Waals surface area contributed by atoms with E-state index in [1.54, 1.807) is 11.0 Å². The Kier molecular flexibility index (Phi) is 4.84. The summed E-state index contributed by atoms with van der Waals surface area (Å²) in [6.45, 7) is 1.91. The zero-order chi connectivity index (χ0) is 21.6. The minimum atomic E-state index is -4.37. The van der Waals surface area contributed by atoms with E-state index in [1.165, 1.54) is 12.1 Å². The summed E-state index contributed by atoms with van der Waals surface area (Å²) in [7, 11) is 0. The van der Waals surface area contributed by atoms with Gasteiger partial charge in [0.1, 0.15) is 0 Å². The molecule has 2 aliphatic rings. The number of piperazine rings is 1. The molecule has 2 fully saturated rings. The van der Waals surface area contributed by atoms with Gasteiger partial charge in [0.05, 0.1) is 16.6 Å². The Balaban J connectivity index is 1.35. The van der Waals surface area contributed by atoms with Crippen LogP contribution in [0.2, 0.25) is 0 Å². The van der Waals surface area contributed by atoms with Gasteiger partial charge in [-0.05, 0) is 43.2 Å². The monoisotopic (exact) mass is 425 g/mol. The second-order valence-corrected chi connectivity index (χ2v) is 8.21. The molecule has 0 atom stereocenters. The van der Waals surface area contributed by atoms with Crippen LogP contribution in [0.3, 0.4) is 0 Å². The van der Waals surface area contributed by atoms with Gasteiger partial charge in [0.2, 0.25) is 0 Å². The molecule has 1 saturated heterocycles. The van der Waals surface area contributed by atoms with E-state index >= 15 is 0 Å². The van der Waals surface area contributed by atoms with Crippen LogP contribution in [-0.4, -0.2) is 42.0 Å². The molecule has 1 aliphatic carbocycles. The molecule has 160 valence electrons. The third-order valence-corrected chi connectivity index (χ3v) is 6.07.